The van der Waals surface area contributed by atoms with Crippen LogP contribution in [0, 0.1) is 0 Å². The fraction of sp³-hybridized carbons (Fsp3) is 0.250. The molecule has 1 atom stereocenters. The van der Waals surface area contributed by atoms with Gasteiger partial charge in [-0.15, -0.1) is 0 Å². The minimum absolute atomic E-state index is 0.321. The number of nitrogens with two attached hydrogens (primary N) is 1. The lowest BCUT2D eigenvalue weighted by atomic mass is 10.4. The highest BCUT2D eigenvalue weighted by molar-refractivity contribution is 8.00. The average molecular weight is 223 g/mol. The van der Waals surface area contributed by atoms with E-state index in [0.717, 1.165) is 5.39 Å². The molecule has 78 valence electrons. The summed E-state index contributed by atoms with van der Waals surface area (Å²) in [7, 11) is 0. The average Bonchev–Trinajstić information content (AvgIpc) is 2.66. The molecule has 0 saturated carbocycles. The van der Waals surface area contributed by atoms with Crippen molar-refractivity contribution in [2.75, 3.05) is 0 Å². The summed E-state index contributed by atoms with van der Waals surface area (Å²) in [5.74, 6) is -0.366. The number of amides is 1. The van der Waals surface area contributed by atoms with Crippen molar-refractivity contribution in [1.82, 2.24) is 20.2 Å². The molecule has 2 heterocycles. The lowest BCUT2D eigenvalue weighted by Crippen LogP contribution is -2.22. The molecule has 7 heteroatoms. The monoisotopic (exact) mass is 223 g/mol. The predicted octanol–water partition coefficient (Wildman–Crippen LogP) is 0.319. The Bertz CT molecular complexity index is 496. The summed E-state index contributed by atoms with van der Waals surface area (Å²) < 4.78 is 0. The van der Waals surface area contributed by atoms with E-state index in [9.17, 15) is 4.79 Å². The Morgan fingerprint density at radius 1 is 1.60 bits per heavy atom. The van der Waals surface area contributed by atoms with Crippen molar-refractivity contribution in [2.45, 2.75) is 17.2 Å². The van der Waals surface area contributed by atoms with Crippen LogP contribution in [0.1, 0.15) is 6.92 Å². The highest BCUT2D eigenvalue weighted by Gasteiger charge is 2.14. The summed E-state index contributed by atoms with van der Waals surface area (Å²) >= 11 is 1.30. The Labute approximate surface area is 89.7 Å². The number of aromatic nitrogens is 4. The molecule has 0 aliphatic carbocycles. The standard InChI is InChI=1S/C8H9N5OS/c1-4(6(9)14)15-8-5-2-12-13-7(5)10-3-11-8/h2-4H,1H3,(H2,9,14)(H,10,11,12,13). The van der Waals surface area contributed by atoms with Crippen LogP contribution in [0.15, 0.2) is 17.6 Å². The second-order valence-corrected chi connectivity index (χ2v) is 4.30. The van der Waals surface area contributed by atoms with E-state index in [0.29, 0.717) is 10.7 Å². The zero-order chi connectivity index (χ0) is 10.8. The van der Waals surface area contributed by atoms with E-state index in [1.165, 1.54) is 18.1 Å². The highest BCUT2D eigenvalue weighted by atomic mass is 32.2. The number of rotatable bonds is 3. The van der Waals surface area contributed by atoms with Crippen molar-refractivity contribution in [1.29, 1.82) is 0 Å². The normalized spacial score (nSPS) is 12.9. The summed E-state index contributed by atoms with van der Waals surface area (Å²) in [5, 5.41) is 7.78. The summed E-state index contributed by atoms with van der Waals surface area (Å²) in [6, 6.07) is 0. The van der Waals surface area contributed by atoms with Crippen LogP contribution in [-0.2, 0) is 4.79 Å². The first kappa shape index (κ1) is 9.91. The molecule has 3 N–H and O–H groups in total. The number of nitrogens with one attached hydrogen (secondary N) is 1. The van der Waals surface area contributed by atoms with Gasteiger partial charge in [0.1, 0.15) is 11.4 Å². The van der Waals surface area contributed by atoms with Crippen LogP contribution >= 0.6 is 11.8 Å². The van der Waals surface area contributed by atoms with Gasteiger partial charge >= 0.3 is 0 Å². The van der Waals surface area contributed by atoms with Gasteiger partial charge in [-0.25, -0.2) is 9.97 Å². The summed E-state index contributed by atoms with van der Waals surface area (Å²) in [5.41, 5.74) is 5.83. The molecule has 0 fully saturated rings. The third kappa shape index (κ3) is 1.91. The van der Waals surface area contributed by atoms with E-state index in [1.807, 2.05) is 0 Å². The van der Waals surface area contributed by atoms with Gasteiger partial charge in [0.15, 0.2) is 5.65 Å². The van der Waals surface area contributed by atoms with Crippen molar-refractivity contribution < 1.29 is 4.79 Å². The molecule has 0 spiro atoms. The third-order valence-corrected chi connectivity index (χ3v) is 3.03. The lowest BCUT2D eigenvalue weighted by Gasteiger charge is -2.05. The number of carbonyl (C=O) groups excluding carboxylic acids is 1. The van der Waals surface area contributed by atoms with Crippen LogP contribution < -0.4 is 5.73 Å². The highest BCUT2D eigenvalue weighted by Crippen LogP contribution is 2.26. The van der Waals surface area contributed by atoms with Crippen LogP contribution in [0.4, 0.5) is 0 Å². The van der Waals surface area contributed by atoms with Crippen molar-refractivity contribution in [3.8, 4) is 0 Å². The Morgan fingerprint density at radius 2 is 2.40 bits per heavy atom. The Morgan fingerprint density at radius 3 is 3.13 bits per heavy atom. The minimum Gasteiger partial charge on any atom is -0.369 e. The molecular weight excluding hydrogens is 214 g/mol. The topological polar surface area (TPSA) is 97.6 Å². The SMILES string of the molecule is CC(Sc1ncnc2[nH]ncc12)C(N)=O. The van der Waals surface area contributed by atoms with E-state index in [4.69, 9.17) is 5.73 Å². The van der Waals surface area contributed by atoms with Gasteiger partial charge in [0.05, 0.1) is 16.8 Å². The maximum absolute atomic E-state index is 10.9. The second kappa shape index (κ2) is 3.85. The Hall–Kier alpha value is -1.63. The quantitative estimate of drug-likeness (QED) is 0.576. The second-order valence-electron chi connectivity index (χ2n) is 2.97. The number of carbonyl (C=O) groups is 1. The summed E-state index contributed by atoms with van der Waals surface area (Å²) in [6.07, 6.45) is 3.06. The molecule has 1 amide bonds. The first-order chi connectivity index (χ1) is 7.18. The fourth-order valence-corrected chi connectivity index (χ4v) is 1.90. The van der Waals surface area contributed by atoms with Crippen molar-refractivity contribution >= 4 is 28.7 Å². The number of H-pyrrole nitrogens is 1. The van der Waals surface area contributed by atoms with Crippen LogP contribution in [0.3, 0.4) is 0 Å². The molecule has 0 aliphatic rings. The number of primary amides is 1. The molecule has 0 saturated heterocycles. The summed E-state index contributed by atoms with van der Waals surface area (Å²) in [4.78, 5) is 19.0. The molecule has 0 aromatic carbocycles. The Balaban J connectivity index is 2.35. The van der Waals surface area contributed by atoms with Gasteiger partial charge in [-0.2, -0.15) is 5.10 Å². The zero-order valence-corrected chi connectivity index (χ0v) is 8.78. The van der Waals surface area contributed by atoms with E-state index >= 15 is 0 Å². The van der Waals surface area contributed by atoms with Gasteiger partial charge in [-0.3, -0.25) is 9.89 Å². The van der Waals surface area contributed by atoms with Gasteiger partial charge in [-0.05, 0) is 6.92 Å². The van der Waals surface area contributed by atoms with Crippen molar-refractivity contribution in [2.24, 2.45) is 5.73 Å². The maximum Gasteiger partial charge on any atom is 0.230 e. The first-order valence-electron chi connectivity index (χ1n) is 4.28. The Kier molecular flexibility index (Phi) is 2.55. The number of fused-ring (bicyclic) bond motifs is 1. The van der Waals surface area contributed by atoms with Gasteiger partial charge in [-0.1, -0.05) is 11.8 Å². The zero-order valence-electron chi connectivity index (χ0n) is 7.97. The molecular formula is C8H9N5OS. The van der Waals surface area contributed by atoms with Gasteiger partial charge in [0.2, 0.25) is 5.91 Å². The van der Waals surface area contributed by atoms with E-state index in [1.54, 1.807) is 13.1 Å². The van der Waals surface area contributed by atoms with E-state index < -0.39 is 0 Å². The maximum atomic E-state index is 10.9. The molecule has 0 bridgehead atoms. The molecule has 2 aromatic heterocycles. The van der Waals surface area contributed by atoms with Crippen molar-refractivity contribution in [3.05, 3.63) is 12.5 Å². The van der Waals surface area contributed by atoms with Crippen molar-refractivity contribution in [3.63, 3.8) is 0 Å². The predicted molar refractivity (Wildman–Crippen MR) is 56.2 cm³/mol. The van der Waals surface area contributed by atoms with Gasteiger partial charge in [0, 0.05) is 0 Å². The van der Waals surface area contributed by atoms with Crippen LogP contribution in [0.25, 0.3) is 11.0 Å². The van der Waals surface area contributed by atoms with Gasteiger partial charge in [0.25, 0.3) is 0 Å². The molecule has 2 aromatic rings. The number of nitrogens with zero attached hydrogens (tertiary/aromatic N) is 3. The number of hydrogen-bond acceptors (Lipinski definition) is 5. The van der Waals surface area contributed by atoms with Crippen LogP contribution in [0.5, 0.6) is 0 Å². The van der Waals surface area contributed by atoms with Gasteiger partial charge < -0.3 is 5.73 Å². The molecule has 0 radical (unpaired) electrons. The molecule has 15 heavy (non-hydrogen) atoms. The largest absolute Gasteiger partial charge is 0.369 e. The molecule has 6 nitrogen and oxygen atoms in total. The smallest absolute Gasteiger partial charge is 0.230 e. The van der Waals surface area contributed by atoms with E-state index in [-0.39, 0.29) is 11.2 Å². The minimum atomic E-state index is -0.366. The summed E-state index contributed by atoms with van der Waals surface area (Å²) in [6.45, 7) is 1.74. The molecule has 2 rings (SSSR count). The van der Waals surface area contributed by atoms with E-state index in [2.05, 4.69) is 20.2 Å². The first-order valence-corrected chi connectivity index (χ1v) is 5.16. The fourth-order valence-electron chi connectivity index (χ4n) is 1.06. The number of aromatic amines is 1. The number of thioether (sulfide) groups is 1. The van der Waals surface area contributed by atoms with Crippen LogP contribution in [0.2, 0.25) is 0 Å². The third-order valence-electron chi connectivity index (χ3n) is 1.90. The molecule has 0 aliphatic heterocycles. The molecule has 1 unspecified atom stereocenters. The van der Waals surface area contributed by atoms with Crippen LogP contribution in [-0.4, -0.2) is 31.3 Å². The lowest BCUT2D eigenvalue weighted by molar-refractivity contribution is -0.117. The number of hydrogen-bond donors (Lipinski definition) is 2.